The van der Waals surface area contributed by atoms with Gasteiger partial charge in [0.15, 0.2) is 0 Å². The summed E-state index contributed by atoms with van der Waals surface area (Å²) in [6.07, 6.45) is 0. The smallest absolute Gasteiger partial charge is 0.271 e. The molecule has 0 radical (unpaired) electrons. The van der Waals surface area contributed by atoms with Crippen molar-refractivity contribution in [1.82, 2.24) is 5.43 Å². The lowest BCUT2D eigenvalue weighted by atomic mass is 10.1. The van der Waals surface area contributed by atoms with Gasteiger partial charge in [-0.2, -0.15) is 5.10 Å². The molecule has 0 bridgehead atoms. The Morgan fingerprint density at radius 1 is 1.18 bits per heavy atom. The first kappa shape index (κ1) is 15.2. The van der Waals surface area contributed by atoms with Gasteiger partial charge in [-0.05, 0) is 36.8 Å². The van der Waals surface area contributed by atoms with Crippen molar-refractivity contribution in [3.8, 4) is 0 Å². The number of nitro groups is 1. The van der Waals surface area contributed by atoms with E-state index in [1.807, 2.05) is 6.07 Å². The molecule has 0 fully saturated rings. The summed E-state index contributed by atoms with van der Waals surface area (Å²) in [4.78, 5) is 21.9. The average molecular weight is 298 g/mol. The zero-order valence-corrected chi connectivity index (χ0v) is 11.8. The second kappa shape index (κ2) is 6.49. The van der Waals surface area contributed by atoms with Crippen molar-refractivity contribution >= 4 is 23.0 Å². The van der Waals surface area contributed by atoms with E-state index in [4.69, 9.17) is 5.73 Å². The number of hydrogen-bond acceptors (Lipinski definition) is 5. The van der Waals surface area contributed by atoms with Crippen LogP contribution in [0.3, 0.4) is 0 Å². The van der Waals surface area contributed by atoms with Crippen LogP contribution in [0.4, 0.5) is 11.4 Å². The standard InChI is InChI=1S/C15H14N4O3/c1-10(12-3-2-4-13(16)9-12)17-18-15(20)11-5-7-14(8-6-11)19(21)22/h2-9H,16H2,1H3,(H,18,20)/b17-10-. The van der Waals surface area contributed by atoms with Crippen molar-refractivity contribution in [2.24, 2.45) is 5.10 Å². The highest BCUT2D eigenvalue weighted by atomic mass is 16.6. The second-order valence-corrected chi connectivity index (χ2v) is 4.57. The fraction of sp³-hybridized carbons (Fsp3) is 0.0667. The number of nitrogens with two attached hydrogens (primary N) is 1. The van der Waals surface area contributed by atoms with E-state index < -0.39 is 10.8 Å². The van der Waals surface area contributed by atoms with Crippen molar-refractivity contribution in [1.29, 1.82) is 0 Å². The van der Waals surface area contributed by atoms with Gasteiger partial charge >= 0.3 is 0 Å². The number of carbonyl (C=O) groups is 1. The van der Waals surface area contributed by atoms with Gasteiger partial charge in [0.2, 0.25) is 0 Å². The molecule has 0 saturated carbocycles. The van der Waals surface area contributed by atoms with Gasteiger partial charge in [0.05, 0.1) is 10.6 Å². The van der Waals surface area contributed by atoms with E-state index in [9.17, 15) is 14.9 Å². The minimum absolute atomic E-state index is 0.0732. The molecule has 0 aromatic heterocycles. The van der Waals surface area contributed by atoms with Gasteiger partial charge in [-0.25, -0.2) is 5.43 Å². The summed E-state index contributed by atoms with van der Waals surface area (Å²) in [7, 11) is 0. The summed E-state index contributed by atoms with van der Waals surface area (Å²) < 4.78 is 0. The van der Waals surface area contributed by atoms with E-state index in [-0.39, 0.29) is 11.3 Å². The summed E-state index contributed by atoms with van der Waals surface area (Å²) in [5.74, 6) is -0.446. The van der Waals surface area contributed by atoms with Crippen LogP contribution in [0.5, 0.6) is 0 Å². The quantitative estimate of drug-likeness (QED) is 0.390. The number of nitrogens with one attached hydrogen (secondary N) is 1. The predicted molar refractivity (Wildman–Crippen MR) is 83.6 cm³/mol. The van der Waals surface area contributed by atoms with Crippen molar-refractivity contribution in [2.45, 2.75) is 6.92 Å². The van der Waals surface area contributed by atoms with E-state index in [2.05, 4.69) is 10.5 Å². The fourth-order valence-corrected chi connectivity index (χ4v) is 1.76. The molecule has 0 saturated heterocycles. The third kappa shape index (κ3) is 3.66. The molecule has 2 aromatic carbocycles. The Balaban J connectivity index is 2.08. The number of nitro benzene ring substituents is 1. The Morgan fingerprint density at radius 2 is 1.86 bits per heavy atom. The van der Waals surface area contributed by atoms with Crippen LogP contribution in [0.15, 0.2) is 53.6 Å². The lowest BCUT2D eigenvalue weighted by Gasteiger charge is -2.04. The first-order valence-corrected chi connectivity index (χ1v) is 6.42. The van der Waals surface area contributed by atoms with Crippen LogP contribution in [-0.4, -0.2) is 16.5 Å². The van der Waals surface area contributed by atoms with Crippen LogP contribution in [0, 0.1) is 10.1 Å². The minimum atomic E-state index is -0.524. The number of amides is 1. The highest BCUT2D eigenvalue weighted by Gasteiger charge is 2.09. The summed E-state index contributed by atoms with van der Waals surface area (Å²) in [6.45, 7) is 1.74. The zero-order valence-electron chi connectivity index (χ0n) is 11.8. The number of nitrogens with zero attached hydrogens (tertiary/aromatic N) is 2. The second-order valence-electron chi connectivity index (χ2n) is 4.57. The molecule has 7 heteroatoms. The Hall–Kier alpha value is -3.22. The van der Waals surface area contributed by atoms with E-state index in [1.54, 1.807) is 25.1 Å². The molecule has 0 aliphatic carbocycles. The molecule has 0 heterocycles. The Bertz CT molecular complexity index is 739. The minimum Gasteiger partial charge on any atom is -0.399 e. The molecule has 1 amide bonds. The zero-order chi connectivity index (χ0) is 16.1. The normalized spacial score (nSPS) is 11.0. The maximum Gasteiger partial charge on any atom is 0.271 e. The number of hydrogen-bond donors (Lipinski definition) is 2. The first-order chi connectivity index (χ1) is 10.5. The third-order valence-corrected chi connectivity index (χ3v) is 2.97. The summed E-state index contributed by atoms with van der Waals surface area (Å²) >= 11 is 0. The molecule has 0 atom stereocenters. The lowest BCUT2D eigenvalue weighted by Crippen LogP contribution is -2.19. The first-order valence-electron chi connectivity index (χ1n) is 6.42. The van der Waals surface area contributed by atoms with Gasteiger partial charge in [0, 0.05) is 23.4 Å². The molecule has 22 heavy (non-hydrogen) atoms. The number of carbonyl (C=O) groups excluding carboxylic acids is 1. The fourth-order valence-electron chi connectivity index (χ4n) is 1.76. The van der Waals surface area contributed by atoms with Gasteiger partial charge in [-0.1, -0.05) is 12.1 Å². The van der Waals surface area contributed by atoms with E-state index in [0.717, 1.165) is 5.56 Å². The van der Waals surface area contributed by atoms with Crippen molar-refractivity contribution in [3.05, 3.63) is 69.8 Å². The van der Waals surface area contributed by atoms with Gasteiger partial charge < -0.3 is 5.73 Å². The monoisotopic (exact) mass is 298 g/mol. The molecule has 7 nitrogen and oxygen atoms in total. The van der Waals surface area contributed by atoms with Crippen LogP contribution in [0.1, 0.15) is 22.8 Å². The molecular formula is C15H14N4O3. The van der Waals surface area contributed by atoms with E-state index >= 15 is 0 Å². The number of non-ortho nitro benzene ring substituents is 1. The third-order valence-electron chi connectivity index (χ3n) is 2.97. The van der Waals surface area contributed by atoms with Crippen molar-refractivity contribution in [2.75, 3.05) is 5.73 Å². The van der Waals surface area contributed by atoms with Crippen molar-refractivity contribution in [3.63, 3.8) is 0 Å². The number of anilines is 1. The van der Waals surface area contributed by atoms with E-state index in [1.165, 1.54) is 24.3 Å². The Labute approximate surface area is 126 Å². The highest BCUT2D eigenvalue weighted by Crippen LogP contribution is 2.12. The molecule has 0 unspecified atom stereocenters. The van der Waals surface area contributed by atoms with Gasteiger partial charge in [-0.15, -0.1) is 0 Å². The molecule has 2 rings (SSSR count). The SMILES string of the molecule is C/C(=N/NC(=O)c1ccc([N+](=O)[O-])cc1)c1cccc(N)c1. The van der Waals surface area contributed by atoms with Crippen LogP contribution in [0.2, 0.25) is 0 Å². The molecule has 2 aromatic rings. The van der Waals surface area contributed by atoms with Crippen LogP contribution < -0.4 is 11.2 Å². The molecule has 0 aliphatic rings. The molecule has 0 aliphatic heterocycles. The molecule has 112 valence electrons. The van der Waals surface area contributed by atoms with Crippen molar-refractivity contribution < 1.29 is 9.72 Å². The van der Waals surface area contributed by atoms with E-state index in [0.29, 0.717) is 11.4 Å². The van der Waals surface area contributed by atoms with Gasteiger partial charge in [0.1, 0.15) is 0 Å². The number of benzene rings is 2. The summed E-state index contributed by atoms with van der Waals surface area (Å²) in [5, 5.41) is 14.6. The Morgan fingerprint density at radius 3 is 2.45 bits per heavy atom. The number of rotatable bonds is 4. The summed E-state index contributed by atoms with van der Waals surface area (Å²) in [5.41, 5.74) is 10.3. The number of hydrazone groups is 1. The Kier molecular flexibility index (Phi) is 4.47. The maximum atomic E-state index is 11.9. The predicted octanol–water partition coefficient (Wildman–Crippen LogP) is 2.33. The maximum absolute atomic E-state index is 11.9. The largest absolute Gasteiger partial charge is 0.399 e. The topological polar surface area (TPSA) is 111 Å². The highest BCUT2D eigenvalue weighted by molar-refractivity contribution is 6.01. The number of nitrogen functional groups attached to an aromatic ring is 1. The average Bonchev–Trinajstić information content (AvgIpc) is 2.52. The van der Waals surface area contributed by atoms with Gasteiger partial charge in [0.25, 0.3) is 11.6 Å². The van der Waals surface area contributed by atoms with Crippen LogP contribution >= 0.6 is 0 Å². The van der Waals surface area contributed by atoms with Gasteiger partial charge in [-0.3, -0.25) is 14.9 Å². The summed E-state index contributed by atoms with van der Waals surface area (Å²) in [6, 6.07) is 12.4. The molecule has 3 N–H and O–H groups in total. The van der Waals surface area contributed by atoms with Crippen LogP contribution in [-0.2, 0) is 0 Å². The van der Waals surface area contributed by atoms with Crippen LogP contribution in [0.25, 0.3) is 0 Å². The lowest BCUT2D eigenvalue weighted by molar-refractivity contribution is -0.384. The molecular weight excluding hydrogens is 284 g/mol. The molecule has 0 spiro atoms.